The zero-order chi connectivity index (χ0) is 18.4. The summed E-state index contributed by atoms with van der Waals surface area (Å²) in [5, 5.41) is 12.1. The topological polar surface area (TPSA) is 77.7 Å². The first-order chi connectivity index (χ1) is 12.6. The van der Waals surface area contributed by atoms with Crippen molar-refractivity contribution < 1.29 is 0 Å². The zero-order valence-corrected chi connectivity index (χ0v) is 14.8. The lowest BCUT2D eigenvalue weighted by molar-refractivity contribution is 0.853. The van der Waals surface area contributed by atoms with Crippen LogP contribution in [0, 0.1) is 18.3 Å². The molecule has 0 saturated heterocycles. The van der Waals surface area contributed by atoms with Crippen molar-refractivity contribution in [2.45, 2.75) is 13.3 Å². The van der Waals surface area contributed by atoms with Gasteiger partial charge in [0, 0.05) is 43.4 Å². The summed E-state index contributed by atoms with van der Waals surface area (Å²) in [5.74, 6) is 1.41. The Hall–Kier alpha value is -3.46. The van der Waals surface area contributed by atoms with Crippen LogP contribution in [0.3, 0.4) is 0 Å². The monoisotopic (exact) mass is 344 g/mol. The van der Waals surface area contributed by atoms with E-state index in [0.29, 0.717) is 11.5 Å². The van der Waals surface area contributed by atoms with E-state index in [0.717, 1.165) is 30.2 Å². The fourth-order valence-electron chi connectivity index (χ4n) is 2.52. The maximum atomic E-state index is 8.88. The van der Waals surface area contributed by atoms with Crippen molar-refractivity contribution in [2.75, 3.05) is 23.8 Å². The van der Waals surface area contributed by atoms with Crippen LogP contribution < -0.4 is 10.2 Å². The first kappa shape index (κ1) is 17.4. The second-order valence-corrected chi connectivity index (χ2v) is 6.03. The Morgan fingerprint density at radius 2 is 1.81 bits per heavy atom. The Morgan fingerprint density at radius 3 is 2.50 bits per heavy atom. The third kappa shape index (κ3) is 4.54. The van der Waals surface area contributed by atoms with Gasteiger partial charge in [-0.05, 0) is 55.3 Å². The number of nitrogens with one attached hydrogen (secondary N) is 1. The lowest BCUT2D eigenvalue weighted by Crippen LogP contribution is -2.22. The molecule has 3 rings (SSSR count). The van der Waals surface area contributed by atoms with Crippen LogP contribution in [0.2, 0.25) is 0 Å². The molecule has 3 aromatic rings. The highest BCUT2D eigenvalue weighted by molar-refractivity contribution is 5.56. The lowest BCUT2D eigenvalue weighted by Gasteiger charge is -2.19. The fourth-order valence-corrected chi connectivity index (χ4v) is 2.52. The van der Waals surface area contributed by atoms with Crippen molar-refractivity contribution >= 4 is 17.5 Å². The number of hydrogen-bond donors (Lipinski definition) is 1. The van der Waals surface area contributed by atoms with E-state index < -0.39 is 0 Å². The molecule has 0 atom stereocenters. The van der Waals surface area contributed by atoms with Gasteiger partial charge in [-0.3, -0.25) is 4.98 Å². The smallest absolute Gasteiger partial charge is 0.229 e. The predicted molar refractivity (Wildman–Crippen MR) is 102 cm³/mol. The quantitative estimate of drug-likeness (QED) is 0.738. The van der Waals surface area contributed by atoms with Gasteiger partial charge in [-0.15, -0.1) is 0 Å². The van der Waals surface area contributed by atoms with Crippen LogP contribution in [0.25, 0.3) is 0 Å². The molecule has 0 unspecified atom stereocenters. The van der Waals surface area contributed by atoms with E-state index in [2.05, 4.69) is 31.2 Å². The molecule has 0 aliphatic carbocycles. The molecule has 0 radical (unpaired) electrons. The second kappa shape index (κ2) is 8.08. The number of aromatic nitrogens is 3. The van der Waals surface area contributed by atoms with Crippen molar-refractivity contribution in [2.24, 2.45) is 0 Å². The first-order valence-electron chi connectivity index (χ1n) is 8.37. The second-order valence-electron chi connectivity index (χ2n) is 6.03. The summed E-state index contributed by atoms with van der Waals surface area (Å²) in [5.41, 5.74) is 3.60. The van der Waals surface area contributed by atoms with E-state index in [4.69, 9.17) is 5.26 Å². The van der Waals surface area contributed by atoms with Crippen molar-refractivity contribution in [3.8, 4) is 6.07 Å². The molecule has 0 bridgehead atoms. The van der Waals surface area contributed by atoms with Crippen molar-refractivity contribution in [1.29, 1.82) is 5.26 Å². The molecule has 2 heterocycles. The van der Waals surface area contributed by atoms with Crippen molar-refractivity contribution in [3.05, 3.63) is 71.7 Å². The maximum absolute atomic E-state index is 8.88. The molecule has 0 spiro atoms. The van der Waals surface area contributed by atoms with Crippen LogP contribution in [0.1, 0.15) is 16.8 Å². The summed E-state index contributed by atoms with van der Waals surface area (Å²) in [6, 6.07) is 15.3. The van der Waals surface area contributed by atoms with Crippen LogP contribution in [0.5, 0.6) is 0 Å². The molecular weight excluding hydrogens is 324 g/mol. The minimum absolute atomic E-state index is 0.542. The fraction of sp³-hybridized carbons (Fsp3) is 0.200. The van der Waals surface area contributed by atoms with E-state index in [1.807, 2.05) is 56.7 Å². The molecule has 1 aromatic carbocycles. The molecule has 6 nitrogen and oxygen atoms in total. The molecule has 0 amide bonds. The van der Waals surface area contributed by atoms with Crippen LogP contribution in [0.4, 0.5) is 17.5 Å². The van der Waals surface area contributed by atoms with E-state index >= 15 is 0 Å². The molecule has 130 valence electrons. The molecule has 6 heteroatoms. The summed E-state index contributed by atoms with van der Waals surface area (Å²) in [6.45, 7) is 2.79. The number of pyridine rings is 1. The van der Waals surface area contributed by atoms with Gasteiger partial charge in [0.05, 0.1) is 11.6 Å². The summed E-state index contributed by atoms with van der Waals surface area (Å²) >= 11 is 0. The summed E-state index contributed by atoms with van der Waals surface area (Å²) < 4.78 is 0. The molecule has 0 fully saturated rings. The van der Waals surface area contributed by atoms with E-state index in [1.54, 1.807) is 12.1 Å². The zero-order valence-electron chi connectivity index (χ0n) is 14.8. The number of hydrogen-bond acceptors (Lipinski definition) is 6. The minimum atomic E-state index is 0.542. The highest BCUT2D eigenvalue weighted by Gasteiger charge is 2.08. The Morgan fingerprint density at radius 1 is 1.08 bits per heavy atom. The van der Waals surface area contributed by atoms with Crippen molar-refractivity contribution in [3.63, 3.8) is 0 Å². The number of nitrogens with zero attached hydrogens (tertiary/aromatic N) is 5. The highest BCUT2D eigenvalue weighted by Crippen LogP contribution is 2.18. The Bertz CT molecular complexity index is 900. The summed E-state index contributed by atoms with van der Waals surface area (Å²) in [7, 11) is 2.02. The van der Waals surface area contributed by atoms with Gasteiger partial charge in [0.15, 0.2) is 0 Å². The van der Waals surface area contributed by atoms with Gasteiger partial charge in [-0.1, -0.05) is 0 Å². The molecule has 0 aliphatic rings. The largest absolute Gasteiger partial charge is 0.359 e. The molecule has 1 N–H and O–H groups in total. The Kier molecular flexibility index (Phi) is 5.40. The third-order valence-electron chi connectivity index (χ3n) is 3.99. The van der Waals surface area contributed by atoms with Gasteiger partial charge in [0.1, 0.15) is 5.82 Å². The van der Waals surface area contributed by atoms with Crippen LogP contribution >= 0.6 is 0 Å². The normalized spacial score (nSPS) is 10.2. The summed E-state index contributed by atoms with van der Waals surface area (Å²) in [6.07, 6.45) is 4.54. The average molecular weight is 344 g/mol. The number of nitriles is 1. The highest BCUT2D eigenvalue weighted by atomic mass is 15.2. The number of anilines is 3. The molecule has 2 aromatic heterocycles. The molecule has 26 heavy (non-hydrogen) atoms. The van der Waals surface area contributed by atoms with E-state index in [9.17, 15) is 0 Å². The number of rotatable bonds is 6. The van der Waals surface area contributed by atoms with Gasteiger partial charge in [0.2, 0.25) is 5.95 Å². The van der Waals surface area contributed by atoms with E-state index in [1.165, 1.54) is 5.56 Å². The number of likely N-dealkylation sites (N-methyl/N-ethyl adjacent to an activating group) is 1. The van der Waals surface area contributed by atoms with Gasteiger partial charge < -0.3 is 10.2 Å². The third-order valence-corrected chi connectivity index (χ3v) is 3.99. The molecule has 0 saturated carbocycles. The van der Waals surface area contributed by atoms with Gasteiger partial charge in [0.25, 0.3) is 0 Å². The summed E-state index contributed by atoms with van der Waals surface area (Å²) in [4.78, 5) is 15.2. The van der Waals surface area contributed by atoms with E-state index in [-0.39, 0.29) is 0 Å². The minimum Gasteiger partial charge on any atom is -0.359 e. The maximum Gasteiger partial charge on any atom is 0.229 e. The van der Waals surface area contributed by atoms with Gasteiger partial charge in [-0.25, -0.2) is 4.98 Å². The number of benzene rings is 1. The Balaban J connectivity index is 1.70. The van der Waals surface area contributed by atoms with Crippen LogP contribution in [-0.4, -0.2) is 28.5 Å². The van der Waals surface area contributed by atoms with Gasteiger partial charge >= 0.3 is 0 Å². The molecular formula is C20H20N6. The standard InChI is InChI=1S/C20H20N6/c1-15-13-19(26(2)12-9-16-7-10-22-11-8-16)25-20(23-15)24-18-5-3-17(14-21)4-6-18/h3-8,10-11,13H,9,12H2,1-2H3,(H,23,24,25). The van der Waals surface area contributed by atoms with Crippen LogP contribution in [-0.2, 0) is 6.42 Å². The Labute approximate surface area is 153 Å². The molecule has 0 aliphatic heterocycles. The van der Waals surface area contributed by atoms with Crippen molar-refractivity contribution in [1.82, 2.24) is 15.0 Å². The van der Waals surface area contributed by atoms with Gasteiger partial charge in [-0.2, -0.15) is 10.2 Å². The first-order valence-corrected chi connectivity index (χ1v) is 8.37. The SMILES string of the molecule is Cc1cc(N(C)CCc2ccncc2)nc(Nc2ccc(C#N)cc2)n1. The van der Waals surface area contributed by atoms with Crippen LogP contribution in [0.15, 0.2) is 54.9 Å². The number of aryl methyl sites for hydroxylation is 1. The lowest BCUT2D eigenvalue weighted by atomic mass is 10.2. The predicted octanol–water partition coefficient (Wildman–Crippen LogP) is 3.47. The average Bonchev–Trinajstić information content (AvgIpc) is 2.67.